The van der Waals surface area contributed by atoms with Gasteiger partial charge in [-0.2, -0.15) is 0 Å². The number of hydrogen-bond acceptors (Lipinski definition) is 3. The van der Waals surface area contributed by atoms with Crippen molar-refractivity contribution in [2.45, 2.75) is 44.2 Å². The zero-order valence-electron chi connectivity index (χ0n) is 7.74. The molecule has 0 spiro atoms. The number of ether oxygens (including phenoxy) is 1. The number of hydrogen-bond donors (Lipinski definition) is 2. The van der Waals surface area contributed by atoms with Gasteiger partial charge in [0.1, 0.15) is 6.04 Å². The molecule has 1 aliphatic rings. The maximum Gasteiger partial charge on any atom is 0.320 e. The smallest absolute Gasteiger partial charge is 0.320 e. The molecule has 0 aromatic heterocycles. The molecule has 1 aliphatic carbocycles. The van der Waals surface area contributed by atoms with Crippen LogP contribution in [0.25, 0.3) is 0 Å². The molecule has 0 heterocycles. The predicted octanol–water partition coefficient (Wildman–Crippen LogP) is 0.748. The Hall–Kier alpha value is -0.610. The second-order valence-electron chi connectivity index (χ2n) is 3.51. The van der Waals surface area contributed by atoms with E-state index in [0.717, 1.165) is 19.3 Å². The normalized spacial score (nSPS) is 19.5. The molecule has 0 aromatic rings. The molecule has 4 heteroatoms. The summed E-state index contributed by atoms with van der Waals surface area (Å²) in [6.45, 7) is 0.644. The Morgan fingerprint density at radius 2 is 2.31 bits per heavy atom. The molecule has 0 aromatic carbocycles. The van der Waals surface area contributed by atoms with E-state index in [0.29, 0.717) is 19.1 Å². The lowest BCUT2D eigenvalue weighted by Gasteiger charge is -2.25. The van der Waals surface area contributed by atoms with Crippen molar-refractivity contribution < 1.29 is 14.6 Å². The zero-order valence-corrected chi connectivity index (χ0v) is 7.74. The largest absolute Gasteiger partial charge is 0.480 e. The third-order valence-electron chi connectivity index (χ3n) is 2.38. The van der Waals surface area contributed by atoms with E-state index in [1.807, 2.05) is 0 Å². The molecule has 0 aliphatic heterocycles. The van der Waals surface area contributed by atoms with Gasteiger partial charge >= 0.3 is 5.97 Å². The molecule has 76 valence electrons. The zero-order chi connectivity index (χ0) is 9.68. The molecule has 0 saturated heterocycles. The van der Waals surface area contributed by atoms with Crippen molar-refractivity contribution in [3.8, 4) is 0 Å². The molecule has 1 fully saturated rings. The van der Waals surface area contributed by atoms with Crippen LogP contribution in [-0.2, 0) is 9.53 Å². The number of carbonyl (C=O) groups is 1. The van der Waals surface area contributed by atoms with Crippen LogP contribution in [0.3, 0.4) is 0 Å². The summed E-state index contributed by atoms with van der Waals surface area (Å²) >= 11 is 0. The Morgan fingerprint density at radius 3 is 2.77 bits per heavy atom. The Labute approximate surface area is 78.1 Å². The number of aliphatic carboxylic acids is 1. The van der Waals surface area contributed by atoms with Crippen LogP contribution in [-0.4, -0.2) is 29.8 Å². The van der Waals surface area contributed by atoms with Crippen molar-refractivity contribution in [2.75, 3.05) is 6.61 Å². The molecular weight excluding hydrogens is 170 g/mol. The van der Waals surface area contributed by atoms with Crippen molar-refractivity contribution in [1.82, 2.24) is 0 Å². The highest BCUT2D eigenvalue weighted by Gasteiger charge is 2.17. The number of carboxylic acids is 1. The molecule has 1 saturated carbocycles. The molecule has 3 N–H and O–H groups in total. The summed E-state index contributed by atoms with van der Waals surface area (Å²) in [7, 11) is 0. The first-order valence-corrected chi connectivity index (χ1v) is 4.80. The fourth-order valence-electron chi connectivity index (χ4n) is 1.21. The average molecular weight is 187 g/mol. The van der Waals surface area contributed by atoms with Gasteiger partial charge in [0.15, 0.2) is 0 Å². The highest BCUT2D eigenvalue weighted by Crippen LogP contribution is 2.21. The first-order valence-electron chi connectivity index (χ1n) is 4.80. The molecular formula is C9H17NO3. The average Bonchev–Trinajstić information content (AvgIpc) is 2.00. The quantitative estimate of drug-likeness (QED) is 0.602. The lowest BCUT2D eigenvalue weighted by Crippen LogP contribution is -2.30. The molecule has 1 rings (SSSR count). The Morgan fingerprint density at radius 1 is 1.62 bits per heavy atom. The Bertz CT molecular complexity index is 168. The minimum Gasteiger partial charge on any atom is -0.480 e. The molecule has 0 radical (unpaired) electrons. The summed E-state index contributed by atoms with van der Waals surface area (Å²) in [5.41, 5.74) is 5.32. The fourth-order valence-corrected chi connectivity index (χ4v) is 1.21. The molecule has 1 atom stereocenters. The minimum atomic E-state index is -0.927. The third kappa shape index (κ3) is 3.74. The van der Waals surface area contributed by atoms with Gasteiger partial charge in [-0.15, -0.1) is 0 Å². The topological polar surface area (TPSA) is 72.5 Å². The van der Waals surface area contributed by atoms with E-state index in [1.54, 1.807) is 0 Å². The highest BCUT2D eigenvalue weighted by atomic mass is 16.5. The van der Waals surface area contributed by atoms with Crippen molar-refractivity contribution in [3.05, 3.63) is 0 Å². The fraction of sp³-hybridized carbons (Fsp3) is 0.889. The van der Waals surface area contributed by atoms with Crippen LogP contribution in [0.4, 0.5) is 0 Å². The lowest BCUT2D eigenvalue weighted by atomic mass is 9.96. The maximum atomic E-state index is 10.3. The van der Waals surface area contributed by atoms with Gasteiger partial charge in [-0.3, -0.25) is 4.79 Å². The molecule has 0 unspecified atom stereocenters. The van der Waals surface area contributed by atoms with Gasteiger partial charge < -0.3 is 15.6 Å². The second-order valence-corrected chi connectivity index (χ2v) is 3.51. The molecule has 13 heavy (non-hydrogen) atoms. The van der Waals surface area contributed by atoms with Gasteiger partial charge in [0.25, 0.3) is 0 Å². The van der Waals surface area contributed by atoms with E-state index in [9.17, 15) is 4.79 Å². The Kier molecular flexibility index (Phi) is 4.18. The minimum absolute atomic E-state index is 0.432. The van der Waals surface area contributed by atoms with Crippen LogP contribution in [0.15, 0.2) is 0 Å². The SMILES string of the molecule is N[C@H](CCCOC1CCC1)C(=O)O. The standard InChI is InChI=1S/C9H17NO3/c10-8(9(11)12)5-2-6-13-7-3-1-4-7/h7-8H,1-6,10H2,(H,11,12)/t8-/m1/s1. The summed E-state index contributed by atoms with van der Waals surface area (Å²) in [5, 5.41) is 8.48. The van der Waals surface area contributed by atoms with Gasteiger partial charge in [-0.05, 0) is 32.1 Å². The maximum absolute atomic E-state index is 10.3. The molecule has 4 nitrogen and oxygen atoms in total. The highest BCUT2D eigenvalue weighted by molar-refractivity contribution is 5.72. The van der Waals surface area contributed by atoms with Gasteiger partial charge in [-0.1, -0.05) is 0 Å². The van der Waals surface area contributed by atoms with Gasteiger partial charge in [0.2, 0.25) is 0 Å². The van der Waals surface area contributed by atoms with E-state index >= 15 is 0 Å². The van der Waals surface area contributed by atoms with Gasteiger partial charge in [-0.25, -0.2) is 0 Å². The van der Waals surface area contributed by atoms with Crippen LogP contribution >= 0.6 is 0 Å². The number of rotatable bonds is 6. The van der Waals surface area contributed by atoms with Crippen LogP contribution < -0.4 is 5.73 Å². The predicted molar refractivity (Wildman–Crippen MR) is 48.4 cm³/mol. The van der Waals surface area contributed by atoms with Crippen LogP contribution in [0.5, 0.6) is 0 Å². The monoisotopic (exact) mass is 187 g/mol. The lowest BCUT2D eigenvalue weighted by molar-refractivity contribution is -0.138. The van der Waals surface area contributed by atoms with Gasteiger partial charge in [0.05, 0.1) is 6.10 Å². The summed E-state index contributed by atoms with van der Waals surface area (Å²) in [5.74, 6) is -0.927. The van der Waals surface area contributed by atoms with Crippen LogP contribution in [0.2, 0.25) is 0 Å². The summed E-state index contributed by atoms with van der Waals surface area (Å²) < 4.78 is 5.46. The Balaban J connectivity index is 1.90. The van der Waals surface area contributed by atoms with Crippen molar-refractivity contribution in [2.24, 2.45) is 5.73 Å². The van der Waals surface area contributed by atoms with Gasteiger partial charge in [0, 0.05) is 6.61 Å². The van der Waals surface area contributed by atoms with Crippen LogP contribution in [0, 0.1) is 0 Å². The third-order valence-corrected chi connectivity index (χ3v) is 2.38. The van der Waals surface area contributed by atoms with E-state index in [-0.39, 0.29) is 0 Å². The summed E-state index contributed by atoms with van der Waals surface area (Å²) in [4.78, 5) is 10.3. The number of carboxylic acid groups (broad SMARTS) is 1. The second kappa shape index (κ2) is 5.19. The van der Waals surface area contributed by atoms with Crippen LogP contribution in [0.1, 0.15) is 32.1 Å². The van der Waals surface area contributed by atoms with Crippen molar-refractivity contribution >= 4 is 5.97 Å². The molecule has 0 amide bonds. The summed E-state index contributed by atoms with van der Waals surface area (Å²) in [6.07, 6.45) is 5.25. The molecule has 0 bridgehead atoms. The van der Waals surface area contributed by atoms with E-state index in [2.05, 4.69) is 0 Å². The van der Waals surface area contributed by atoms with E-state index in [4.69, 9.17) is 15.6 Å². The van der Waals surface area contributed by atoms with Crippen molar-refractivity contribution in [1.29, 1.82) is 0 Å². The first-order chi connectivity index (χ1) is 6.20. The van der Waals surface area contributed by atoms with E-state index < -0.39 is 12.0 Å². The van der Waals surface area contributed by atoms with Crippen molar-refractivity contribution in [3.63, 3.8) is 0 Å². The first kappa shape index (κ1) is 10.5. The summed E-state index contributed by atoms with van der Waals surface area (Å²) in [6, 6.07) is -0.731. The number of nitrogens with two attached hydrogens (primary N) is 1. The van der Waals surface area contributed by atoms with E-state index in [1.165, 1.54) is 6.42 Å².